The summed E-state index contributed by atoms with van der Waals surface area (Å²) in [6.07, 6.45) is 0.504. The summed E-state index contributed by atoms with van der Waals surface area (Å²) in [5.41, 5.74) is 2.51. The van der Waals surface area contributed by atoms with Gasteiger partial charge in [-0.2, -0.15) is 4.98 Å². The molecule has 33 heavy (non-hydrogen) atoms. The van der Waals surface area contributed by atoms with Crippen molar-refractivity contribution in [3.05, 3.63) is 82.2 Å². The molecule has 168 valence electrons. The van der Waals surface area contributed by atoms with Gasteiger partial charge in [0.05, 0.1) is 18.1 Å². The van der Waals surface area contributed by atoms with E-state index in [-0.39, 0.29) is 11.8 Å². The summed E-state index contributed by atoms with van der Waals surface area (Å²) in [5.74, 6) is 2.16. The standard InChI is InChI=1S/C24H21ClN4O4/c1-14-21(22(28-32-14)17-8-4-5-9-18(17)25)24(30)29-12-16(13-29)23-26-20(27-33-23)11-15-7-3-6-10-19(15)31-2/h3-10,16H,11-13H2,1-2H3. The predicted molar refractivity (Wildman–Crippen MR) is 120 cm³/mol. The summed E-state index contributed by atoms with van der Waals surface area (Å²) in [4.78, 5) is 19.5. The number of amides is 1. The second-order valence-electron chi connectivity index (χ2n) is 7.89. The number of aryl methyl sites for hydroxylation is 1. The lowest BCUT2D eigenvalue weighted by atomic mass is 9.97. The summed E-state index contributed by atoms with van der Waals surface area (Å²) in [7, 11) is 1.63. The lowest BCUT2D eigenvalue weighted by Gasteiger charge is -2.37. The molecule has 9 heteroatoms. The molecule has 1 aliphatic rings. The van der Waals surface area contributed by atoms with Gasteiger partial charge in [0.1, 0.15) is 22.8 Å². The van der Waals surface area contributed by atoms with Crippen LogP contribution in [-0.2, 0) is 6.42 Å². The number of rotatable bonds is 6. The summed E-state index contributed by atoms with van der Waals surface area (Å²) >= 11 is 6.31. The van der Waals surface area contributed by atoms with E-state index in [9.17, 15) is 4.79 Å². The number of methoxy groups -OCH3 is 1. The number of para-hydroxylation sites is 1. The Morgan fingerprint density at radius 2 is 1.88 bits per heavy atom. The van der Waals surface area contributed by atoms with E-state index in [1.165, 1.54) is 0 Å². The molecular formula is C24H21ClN4O4. The van der Waals surface area contributed by atoms with Crippen molar-refractivity contribution < 1.29 is 18.6 Å². The number of ether oxygens (including phenoxy) is 1. The molecule has 0 spiro atoms. The van der Waals surface area contributed by atoms with Crippen LogP contribution in [0, 0.1) is 6.92 Å². The fraction of sp³-hybridized carbons (Fsp3) is 0.250. The van der Waals surface area contributed by atoms with Gasteiger partial charge in [-0.3, -0.25) is 4.79 Å². The quantitative estimate of drug-likeness (QED) is 0.414. The first-order valence-electron chi connectivity index (χ1n) is 10.5. The molecule has 1 aliphatic heterocycles. The lowest BCUT2D eigenvalue weighted by molar-refractivity contribution is 0.0568. The van der Waals surface area contributed by atoms with E-state index in [2.05, 4.69) is 15.3 Å². The first-order chi connectivity index (χ1) is 16.0. The molecular weight excluding hydrogens is 444 g/mol. The van der Waals surface area contributed by atoms with Crippen molar-refractivity contribution in [2.24, 2.45) is 0 Å². The second kappa shape index (κ2) is 8.71. The Balaban J connectivity index is 1.28. The normalized spacial score (nSPS) is 13.7. The minimum atomic E-state index is -0.159. The van der Waals surface area contributed by atoms with Gasteiger partial charge in [-0.25, -0.2) is 0 Å². The fourth-order valence-corrected chi connectivity index (χ4v) is 4.17. The Labute approximate surface area is 195 Å². The number of halogens is 1. The van der Waals surface area contributed by atoms with Gasteiger partial charge < -0.3 is 18.7 Å². The molecule has 4 aromatic rings. The third kappa shape index (κ3) is 3.98. The van der Waals surface area contributed by atoms with Crippen LogP contribution in [-0.4, -0.2) is 46.3 Å². The monoisotopic (exact) mass is 464 g/mol. The molecule has 0 radical (unpaired) electrons. The number of carbonyl (C=O) groups is 1. The highest BCUT2D eigenvalue weighted by molar-refractivity contribution is 6.33. The number of aromatic nitrogens is 3. The van der Waals surface area contributed by atoms with Crippen LogP contribution in [0.25, 0.3) is 11.3 Å². The highest BCUT2D eigenvalue weighted by Gasteiger charge is 2.38. The van der Waals surface area contributed by atoms with Crippen LogP contribution >= 0.6 is 11.6 Å². The van der Waals surface area contributed by atoms with Crippen molar-refractivity contribution >= 4 is 17.5 Å². The summed E-state index contributed by atoms with van der Waals surface area (Å²) < 4.78 is 16.2. The highest BCUT2D eigenvalue weighted by atomic mass is 35.5. The molecule has 0 atom stereocenters. The van der Waals surface area contributed by atoms with Crippen LogP contribution in [0.3, 0.4) is 0 Å². The SMILES string of the molecule is COc1ccccc1Cc1noc(C2CN(C(=O)c3c(-c4ccccc4Cl)noc3C)C2)n1. The van der Waals surface area contributed by atoms with Gasteiger partial charge in [0.25, 0.3) is 5.91 Å². The topological polar surface area (TPSA) is 94.5 Å². The predicted octanol–water partition coefficient (Wildman–Crippen LogP) is 4.53. The van der Waals surface area contributed by atoms with Gasteiger partial charge in [0, 0.05) is 30.6 Å². The van der Waals surface area contributed by atoms with Crippen molar-refractivity contribution in [3.8, 4) is 17.0 Å². The van der Waals surface area contributed by atoms with Crippen LogP contribution in [0.1, 0.15) is 39.3 Å². The second-order valence-corrected chi connectivity index (χ2v) is 8.29. The molecule has 0 N–H and O–H groups in total. The Morgan fingerprint density at radius 1 is 1.12 bits per heavy atom. The van der Waals surface area contributed by atoms with E-state index >= 15 is 0 Å². The maximum absolute atomic E-state index is 13.2. The van der Waals surface area contributed by atoms with Crippen LogP contribution in [0.15, 0.2) is 57.6 Å². The molecule has 2 aromatic heterocycles. The molecule has 2 aromatic carbocycles. The molecule has 3 heterocycles. The van der Waals surface area contributed by atoms with E-state index in [1.807, 2.05) is 42.5 Å². The van der Waals surface area contributed by atoms with Gasteiger partial charge in [-0.05, 0) is 19.1 Å². The number of hydrogen-bond donors (Lipinski definition) is 0. The molecule has 0 bridgehead atoms. The molecule has 5 rings (SSSR count). The van der Waals surface area contributed by atoms with Crippen molar-refractivity contribution in [2.45, 2.75) is 19.3 Å². The largest absolute Gasteiger partial charge is 0.496 e. The number of nitrogens with zero attached hydrogens (tertiary/aromatic N) is 4. The third-order valence-corrected chi connectivity index (χ3v) is 6.08. The van der Waals surface area contributed by atoms with Gasteiger partial charge in [-0.15, -0.1) is 0 Å². The average molecular weight is 465 g/mol. The van der Waals surface area contributed by atoms with Crippen molar-refractivity contribution in [1.29, 1.82) is 0 Å². The molecule has 1 fully saturated rings. The Morgan fingerprint density at radius 3 is 2.67 bits per heavy atom. The Bertz CT molecular complexity index is 1310. The molecule has 1 amide bonds. The minimum absolute atomic E-state index is 0.0169. The number of carbonyl (C=O) groups excluding carboxylic acids is 1. The summed E-state index contributed by atoms with van der Waals surface area (Å²) in [5, 5.41) is 8.70. The maximum Gasteiger partial charge on any atom is 0.259 e. The van der Waals surface area contributed by atoms with E-state index in [4.69, 9.17) is 25.4 Å². The fourth-order valence-electron chi connectivity index (χ4n) is 3.94. The molecule has 0 aliphatic carbocycles. The lowest BCUT2D eigenvalue weighted by Crippen LogP contribution is -2.48. The van der Waals surface area contributed by atoms with Gasteiger partial charge in [0.15, 0.2) is 5.82 Å². The zero-order valence-corrected chi connectivity index (χ0v) is 18.9. The number of likely N-dealkylation sites (tertiary alicyclic amines) is 1. The van der Waals surface area contributed by atoms with Crippen molar-refractivity contribution in [3.63, 3.8) is 0 Å². The zero-order valence-electron chi connectivity index (χ0n) is 18.1. The van der Waals surface area contributed by atoms with E-state index in [0.717, 1.165) is 11.3 Å². The Kier molecular flexibility index (Phi) is 5.60. The molecule has 0 unspecified atom stereocenters. The van der Waals surface area contributed by atoms with Crippen LogP contribution in [0.5, 0.6) is 5.75 Å². The summed E-state index contributed by atoms with van der Waals surface area (Å²) in [6.45, 7) is 2.67. The van der Waals surface area contributed by atoms with Gasteiger partial charge in [0.2, 0.25) is 5.89 Å². The van der Waals surface area contributed by atoms with E-state index < -0.39 is 0 Å². The molecule has 0 saturated carbocycles. The van der Waals surface area contributed by atoms with Gasteiger partial charge in [-0.1, -0.05) is 58.3 Å². The first-order valence-corrected chi connectivity index (χ1v) is 10.9. The van der Waals surface area contributed by atoms with Gasteiger partial charge >= 0.3 is 0 Å². The number of benzene rings is 2. The van der Waals surface area contributed by atoms with Crippen LogP contribution in [0.4, 0.5) is 0 Å². The van der Waals surface area contributed by atoms with Crippen molar-refractivity contribution in [1.82, 2.24) is 20.2 Å². The third-order valence-electron chi connectivity index (χ3n) is 5.75. The molecule has 1 saturated heterocycles. The van der Waals surface area contributed by atoms with Crippen molar-refractivity contribution in [2.75, 3.05) is 20.2 Å². The zero-order chi connectivity index (χ0) is 22.9. The maximum atomic E-state index is 13.2. The van der Waals surface area contributed by atoms with Crippen LogP contribution < -0.4 is 4.74 Å². The first kappa shape index (κ1) is 21.2. The minimum Gasteiger partial charge on any atom is -0.496 e. The summed E-state index contributed by atoms with van der Waals surface area (Å²) in [6, 6.07) is 15.0. The van der Waals surface area contributed by atoms with E-state index in [0.29, 0.717) is 58.8 Å². The smallest absolute Gasteiger partial charge is 0.259 e. The number of hydrogen-bond acceptors (Lipinski definition) is 7. The van der Waals surface area contributed by atoms with Crippen LogP contribution in [0.2, 0.25) is 5.02 Å². The molecule has 8 nitrogen and oxygen atoms in total. The average Bonchev–Trinajstić information content (AvgIpc) is 3.40. The highest BCUT2D eigenvalue weighted by Crippen LogP contribution is 2.34. The Hall–Kier alpha value is -3.65. The van der Waals surface area contributed by atoms with E-state index in [1.54, 1.807) is 25.0 Å².